The Morgan fingerprint density at radius 3 is 2.93 bits per heavy atom. The van der Waals surface area contributed by atoms with Gasteiger partial charge >= 0.3 is 0 Å². The molecule has 1 saturated carbocycles. The molecule has 1 aliphatic rings. The van der Waals surface area contributed by atoms with E-state index in [0.29, 0.717) is 12.6 Å². The molecule has 2 atom stereocenters. The Hall–Kier alpha value is -0.800. The quantitative estimate of drug-likeness (QED) is 0.781. The minimum absolute atomic E-state index is 0.181. The van der Waals surface area contributed by atoms with E-state index in [0.717, 1.165) is 11.7 Å². The van der Waals surface area contributed by atoms with E-state index in [2.05, 4.69) is 12.2 Å². The summed E-state index contributed by atoms with van der Waals surface area (Å²) in [6, 6.07) is 4.65. The molecule has 0 bridgehead atoms. The van der Waals surface area contributed by atoms with Gasteiger partial charge in [0, 0.05) is 13.2 Å². The van der Waals surface area contributed by atoms with Gasteiger partial charge in [-0.1, -0.05) is 0 Å². The molecule has 0 amide bonds. The van der Waals surface area contributed by atoms with Crippen molar-refractivity contribution in [2.24, 2.45) is 5.92 Å². The van der Waals surface area contributed by atoms with Gasteiger partial charge in [-0.3, -0.25) is 0 Å². The van der Waals surface area contributed by atoms with Crippen molar-refractivity contribution < 1.29 is 9.15 Å². The fourth-order valence-corrected chi connectivity index (χ4v) is 1.92. The van der Waals surface area contributed by atoms with Crippen molar-refractivity contribution in [1.82, 2.24) is 5.32 Å². The van der Waals surface area contributed by atoms with Crippen LogP contribution in [0.2, 0.25) is 0 Å². The van der Waals surface area contributed by atoms with Gasteiger partial charge in [0.05, 0.1) is 18.9 Å². The molecule has 84 valence electrons. The van der Waals surface area contributed by atoms with Crippen LogP contribution in [0.4, 0.5) is 0 Å². The lowest BCUT2D eigenvalue weighted by Crippen LogP contribution is -2.34. The second kappa shape index (κ2) is 4.81. The lowest BCUT2D eigenvalue weighted by molar-refractivity contribution is 0.150. The van der Waals surface area contributed by atoms with Crippen LogP contribution in [-0.2, 0) is 4.74 Å². The minimum Gasteiger partial charge on any atom is -0.468 e. The Morgan fingerprint density at radius 2 is 2.40 bits per heavy atom. The Balaban J connectivity index is 1.93. The van der Waals surface area contributed by atoms with Crippen LogP contribution in [-0.4, -0.2) is 19.8 Å². The van der Waals surface area contributed by atoms with E-state index in [9.17, 15) is 0 Å². The first kappa shape index (κ1) is 10.7. The van der Waals surface area contributed by atoms with Gasteiger partial charge in [0.1, 0.15) is 5.76 Å². The largest absolute Gasteiger partial charge is 0.468 e. The van der Waals surface area contributed by atoms with Crippen LogP contribution in [0.25, 0.3) is 0 Å². The second-order valence-electron chi connectivity index (χ2n) is 4.32. The molecular weight excluding hydrogens is 190 g/mol. The average molecular weight is 209 g/mol. The summed E-state index contributed by atoms with van der Waals surface area (Å²) in [5.41, 5.74) is 0. The molecule has 15 heavy (non-hydrogen) atoms. The number of hydrogen-bond donors (Lipinski definition) is 1. The third-order valence-corrected chi connectivity index (χ3v) is 3.01. The zero-order valence-electron chi connectivity index (χ0n) is 9.40. The molecule has 3 heteroatoms. The van der Waals surface area contributed by atoms with Crippen LogP contribution >= 0.6 is 0 Å². The standard InChI is InChI=1S/C12H19NO2/c1-9(10-5-6-10)13-11(8-14-2)12-4-3-7-15-12/h3-4,7,9-11,13H,5-6,8H2,1-2H3. The van der Waals surface area contributed by atoms with E-state index in [1.54, 1.807) is 13.4 Å². The number of ether oxygens (including phenoxy) is 1. The van der Waals surface area contributed by atoms with Crippen molar-refractivity contribution in [3.8, 4) is 0 Å². The predicted molar refractivity (Wildman–Crippen MR) is 58.6 cm³/mol. The van der Waals surface area contributed by atoms with Gasteiger partial charge < -0.3 is 14.5 Å². The smallest absolute Gasteiger partial charge is 0.123 e. The predicted octanol–water partition coefficient (Wildman–Crippen LogP) is 2.36. The third kappa shape index (κ3) is 2.83. The van der Waals surface area contributed by atoms with Gasteiger partial charge in [-0.2, -0.15) is 0 Å². The van der Waals surface area contributed by atoms with Crippen LogP contribution in [0, 0.1) is 5.92 Å². The Kier molecular flexibility index (Phi) is 3.44. The summed E-state index contributed by atoms with van der Waals surface area (Å²) in [7, 11) is 1.72. The number of nitrogens with one attached hydrogen (secondary N) is 1. The Morgan fingerprint density at radius 1 is 1.60 bits per heavy atom. The summed E-state index contributed by atoms with van der Waals surface area (Å²) >= 11 is 0. The van der Waals surface area contributed by atoms with E-state index in [4.69, 9.17) is 9.15 Å². The molecule has 3 nitrogen and oxygen atoms in total. The van der Waals surface area contributed by atoms with Crippen LogP contribution in [0.3, 0.4) is 0 Å². The van der Waals surface area contributed by atoms with Crippen molar-refractivity contribution in [3.05, 3.63) is 24.2 Å². The topological polar surface area (TPSA) is 34.4 Å². The molecule has 1 fully saturated rings. The summed E-state index contributed by atoms with van der Waals surface area (Å²) in [6.45, 7) is 2.90. The monoisotopic (exact) mass is 209 g/mol. The van der Waals surface area contributed by atoms with E-state index < -0.39 is 0 Å². The van der Waals surface area contributed by atoms with Gasteiger partial charge in [0.25, 0.3) is 0 Å². The first-order valence-corrected chi connectivity index (χ1v) is 5.59. The van der Waals surface area contributed by atoms with Crippen molar-refractivity contribution in [3.63, 3.8) is 0 Å². The highest BCUT2D eigenvalue weighted by Gasteiger charge is 2.30. The van der Waals surface area contributed by atoms with E-state index in [1.165, 1.54) is 12.8 Å². The number of hydrogen-bond acceptors (Lipinski definition) is 3. The van der Waals surface area contributed by atoms with E-state index >= 15 is 0 Å². The van der Waals surface area contributed by atoms with E-state index in [-0.39, 0.29) is 6.04 Å². The molecule has 1 aromatic heterocycles. The van der Waals surface area contributed by atoms with Gasteiger partial charge in [0.15, 0.2) is 0 Å². The first-order valence-electron chi connectivity index (χ1n) is 5.59. The van der Waals surface area contributed by atoms with Gasteiger partial charge in [0.2, 0.25) is 0 Å². The lowest BCUT2D eigenvalue weighted by Gasteiger charge is -2.20. The molecule has 0 aliphatic heterocycles. The van der Waals surface area contributed by atoms with Crippen LogP contribution in [0.15, 0.2) is 22.8 Å². The van der Waals surface area contributed by atoms with Gasteiger partial charge in [-0.05, 0) is 37.8 Å². The molecule has 0 saturated heterocycles. The fraction of sp³-hybridized carbons (Fsp3) is 0.667. The second-order valence-corrected chi connectivity index (χ2v) is 4.32. The summed E-state index contributed by atoms with van der Waals surface area (Å²) in [5, 5.41) is 3.56. The van der Waals surface area contributed by atoms with Crippen molar-refractivity contribution in [2.75, 3.05) is 13.7 Å². The highest BCUT2D eigenvalue weighted by molar-refractivity contribution is 5.05. The van der Waals surface area contributed by atoms with Crippen LogP contribution in [0.1, 0.15) is 31.6 Å². The average Bonchev–Trinajstić information content (AvgIpc) is 2.94. The summed E-state index contributed by atoms with van der Waals surface area (Å²) in [5.74, 6) is 1.81. The van der Waals surface area contributed by atoms with Gasteiger partial charge in [-0.15, -0.1) is 0 Å². The number of rotatable bonds is 6. The van der Waals surface area contributed by atoms with Crippen molar-refractivity contribution in [1.29, 1.82) is 0 Å². The molecule has 2 unspecified atom stereocenters. The Bertz CT molecular complexity index is 280. The molecule has 2 rings (SSSR count). The highest BCUT2D eigenvalue weighted by Crippen LogP contribution is 2.33. The lowest BCUT2D eigenvalue weighted by atomic mass is 10.1. The maximum atomic E-state index is 5.41. The van der Waals surface area contributed by atoms with Crippen LogP contribution < -0.4 is 5.32 Å². The molecule has 1 aromatic rings. The fourth-order valence-electron chi connectivity index (χ4n) is 1.92. The molecular formula is C12H19NO2. The molecule has 0 aromatic carbocycles. The maximum absolute atomic E-state index is 5.41. The number of furan rings is 1. The zero-order valence-corrected chi connectivity index (χ0v) is 9.40. The highest BCUT2D eigenvalue weighted by atomic mass is 16.5. The van der Waals surface area contributed by atoms with Crippen LogP contribution in [0.5, 0.6) is 0 Å². The van der Waals surface area contributed by atoms with Crippen molar-refractivity contribution >= 4 is 0 Å². The summed E-state index contributed by atoms with van der Waals surface area (Å²) in [6.07, 6.45) is 4.42. The zero-order chi connectivity index (χ0) is 10.7. The molecule has 0 spiro atoms. The SMILES string of the molecule is COCC(NC(C)C1CC1)c1ccco1. The van der Waals surface area contributed by atoms with Gasteiger partial charge in [-0.25, -0.2) is 0 Å². The van der Waals surface area contributed by atoms with E-state index in [1.807, 2.05) is 12.1 Å². The normalized spacial score (nSPS) is 20.1. The maximum Gasteiger partial charge on any atom is 0.123 e. The van der Waals surface area contributed by atoms with Crippen molar-refractivity contribution in [2.45, 2.75) is 31.8 Å². The Labute approximate surface area is 90.8 Å². The summed E-state index contributed by atoms with van der Waals surface area (Å²) < 4.78 is 10.6. The first-order chi connectivity index (χ1) is 7.31. The molecule has 1 heterocycles. The molecule has 1 aliphatic carbocycles. The molecule has 0 radical (unpaired) electrons. The number of methoxy groups -OCH3 is 1. The summed E-state index contributed by atoms with van der Waals surface area (Å²) in [4.78, 5) is 0. The third-order valence-electron chi connectivity index (χ3n) is 3.01. The minimum atomic E-state index is 0.181. The molecule has 1 N–H and O–H groups in total.